The van der Waals surface area contributed by atoms with Crippen molar-refractivity contribution in [1.82, 2.24) is 25.1 Å². The van der Waals surface area contributed by atoms with E-state index in [1.54, 1.807) is 24.7 Å². The number of carbonyl (C=O) groups is 3. The maximum absolute atomic E-state index is 11.3. The van der Waals surface area contributed by atoms with Crippen molar-refractivity contribution in [3.8, 4) is 11.1 Å². The van der Waals surface area contributed by atoms with Crippen molar-refractivity contribution in [2.75, 3.05) is 11.1 Å². The molecule has 0 aliphatic rings. The summed E-state index contributed by atoms with van der Waals surface area (Å²) in [6, 6.07) is 11.7. The number of fused-ring (bicyclic) bond motifs is 2. The number of nitrogens with one attached hydrogen (secondary N) is 3. The van der Waals surface area contributed by atoms with Gasteiger partial charge in [0.25, 0.3) is 11.9 Å². The molecule has 0 aliphatic heterocycles. The average molecular weight is 489 g/mol. The highest BCUT2D eigenvalue weighted by molar-refractivity contribution is 6.02. The number of aromatic nitrogens is 5. The normalized spacial score (nSPS) is 10.1. The van der Waals surface area contributed by atoms with Gasteiger partial charge < -0.3 is 26.2 Å². The van der Waals surface area contributed by atoms with Crippen LogP contribution in [0, 0.1) is 0 Å². The summed E-state index contributed by atoms with van der Waals surface area (Å²) in [5, 5.41) is 27.1. The Balaban J connectivity index is 0.000000398. The van der Waals surface area contributed by atoms with E-state index in [-0.39, 0.29) is 5.95 Å². The number of aromatic amines is 2. The summed E-state index contributed by atoms with van der Waals surface area (Å²) in [7, 11) is 0. The van der Waals surface area contributed by atoms with Crippen molar-refractivity contribution in [3.05, 3.63) is 60.6 Å². The van der Waals surface area contributed by atoms with Crippen LogP contribution in [0.4, 0.5) is 17.5 Å². The molecule has 2 aromatic carbocycles. The molecular weight excluding hydrogens is 466 g/mol. The SMILES string of the molecule is CC(=O)O.CC(=O)O.Nc1nccc(Nc2cc(-c3ccc4[nH]cc(C=O)c4c3)c3[nH]ncc3c2)n1. The number of nitrogen functional groups attached to an aromatic ring is 1. The lowest BCUT2D eigenvalue weighted by atomic mass is 10.00. The maximum atomic E-state index is 11.3. The van der Waals surface area contributed by atoms with Crippen molar-refractivity contribution in [2.45, 2.75) is 13.8 Å². The predicted molar refractivity (Wildman–Crippen MR) is 135 cm³/mol. The molecule has 184 valence electrons. The molecule has 0 bridgehead atoms. The van der Waals surface area contributed by atoms with E-state index in [1.165, 1.54) is 0 Å². The molecule has 0 unspecified atom stereocenters. The Morgan fingerprint density at radius 2 is 1.81 bits per heavy atom. The minimum atomic E-state index is -0.833. The summed E-state index contributed by atoms with van der Waals surface area (Å²) in [6.07, 6.45) is 5.93. The van der Waals surface area contributed by atoms with Crippen LogP contribution >= 0.6 is 0 Å². The van der Waals surface area contributed by atoms with Crippen molar-refractivity contribution in [1.29, 1.82) is 0 Å². The fourth-order valence-electron chi connectivity index (χ4n) is 3.36. The lowest BCUT2D eigenvalue weighted by Crippen LogP contribution is -1.99. The topological polar surface area (TPSA) is 200 Å². The van der Waals surface area contributed by atoms with E-state index in [0.29, 0.717) is 11.4 Å². The van der Waals surface area contributed by atoms with Crippen LogP contribution < -0.4 is 11.1 Å². The minimum absolute atomic E-state index is 0.203. The van der Waals surface area contributed by atoms with E-state index < -0.39 is 11.9 Å². The number of carboxylic acids is 2. The lowest BCUT2D eigenvalue weighted by Gasteiger charge is -2.10. The number of carbonyl (C=O) groups excluding carboxylic acids is 1. The minimum Gasteiger partial charge on any atom is -0.481 e. The smallest absolute Gasteiger partial charge is 0.300 e. The average Bonchev–Trinajstić information content (AvgIpc) is 3.44. The highest BCUT2D eigenvalue weighted by atomic mass is 16.4. The maximum Gasteiger partial charge on any atom is 0.300 e. The Labute approximate surface area is 204 Å². The number of anilines is 3. The number of hydrogen-bond acceptors (Lipinski definition) is 8. The van der Waals surface area contributed by atoms with Gasteiger partial charge in [-0.2, -0.15) is 10.1 Å². The Morgan fingerprint density at radius 1 is 1.08 bits per heavy atom. The molecule has 7 N–H and O–H groups in total. The first-order valence-electron chi connectivity index (χ1n) is 10.5. The molecule has 0 saturated carbocycles. The molecule has 0 saturated heterocycles. The zero-order valence-electron chi connectivity index (χ0n) is 19.3. The van der Waals surface area contributed by atoms with Crippen molar-refractivity contribution < 1.29 is 24.6 Å². The molecule has 0 fully saturated rings. The first kappa shape index (κ1) is 25.4. The molecule has 0 aliphatic carbocycles. The summed E-state index contributed by atoms with van der Waals surface area (Å²) >= 11 is 0. The predicted octanol–water partition coefficient (Wildman–Crippen LogP) is 3.82. The van der Waals surface area contributed by atoms with Gasteiger partial charge in [0.15, 0.2) is 6.29 Å². The fourth-order valence-corrected chi connectivity index (χ4v) is 3.36. The van der Waals surface area contributed by atoms with Gasteiger partial charge in [-0.15, -0.1) is 0 Å². The molecule has 0 radical (unpaired) electrons. The summed E-state index contributed by atoms with van der Waals surface area (Å²) in [5.74, 6) is -0.862. The van der Waals surface area contributed by atoms with Gasteiger partial charge in [0.05, 0.1) is 11.7 Å². The van der Waals surface area contributed by atoms with Crippen molar-refractivity contribution >= 4 is 57.5 Å². The van der Waals surface area contributed by atoms with Crippen LogP contribution in [-0.2, 0) is 9.59 Å². The van der Waals surface area contributed by atoms with Crippen LogP contribution in [0.5, 0.6) is 0 Å². The molecule has 0 atom stereocenters. The number of aliphatic carboxylic acids is 2. The molecule has 0 spiro atoms. The van der Waals surface area contributed by atoms with Crippen molar-refractivity contribution in [3.63, 3.8) is 0 Å². The second-order valence-electron chi connectivity index (χ2n) is 7.44. The Bertz CT molecular complexity index is 1520. The zero-order chi connectivity index (χ0) is 26.2. The summed E-state index contributed by atoms with van der Waals surface area (Å²) in [5.41, 5.74) is 10.9. The number of carboxylic acid groups (broad SMARTS) is 2. The van der Waals surface area contributed by atoms with Crippen LogP contribution in [-0.4, -0.2) is 53.6 Å². The fraction of sp³-hybridized carbons (Fsp3) is 0.0833. The highest BCUT2D eigenvalue weighted by Gasteiger charge is 2.11. The van der Waals surface area contributed by atoms with Gasteiger partial charge in [0, 0.05) is 59.3 Å². The number of H-pyrrole nitrogens is 2. The molecule has 5 aromatic rings. The van der Waals surface area contributed by atoms with Crippen LogP contribution in [0.25, 0.3) is 32.9 Å². The van der Waals surface area contributed by atoms with E-state index in [2.05, 4.69) is 30.5 Å². The van der Waals surface area contributed by atoms with E-state index in [0.717, 1.165) is 58.8 Å². The molecule has 3 heterocycles. The van der Waals surface area contributed by atoms with E-state index in [1.807, 2.05) is 30.3 Å². The first-order chi connectivity index (χ1) is 17.2. The summed E-state index contributed by atoms with van der Waals surface area (Å²) < 4.78 is 0. The third kappa shape index (κ3) is 6.41. The largest absolute Gasteiger partial charge is 0.481 e. The molecule has 12 heteroatoms. The van der Waals surface area contributed by atoms with Gasteiger partial charge in [-0.1, -0.05) is 6.07 Å². The third-order valence-electron chi connectivity index (χ3n) is 4.65. The van der Waals surface area contributed by atoms with Gasteiger partial charge in [0.2, 0.25) is 5.95 Å². The van der Waals surface area contributed by atoms with Crippen LogP contribution in [0.3, 0.4) is 0 Å². The second kappa shape index (κ2) is 11.2. The monoisotopic (exact) mass is 489 g/mol. The number of rotatable bonds is 4. The quantitative estimate of drug-likeness (QED) is 0.202. The van der Waals surface area contributed by atoms with Crippen molar-refractivity contribution in [2.24, 2.45) is 0 Å². The summed E-state index contributed by atoms with van der Waals surface area (Å²) in [4.78, 5) is 40.5. The Kier molecular flexibility index (Phi) is 7.92. The molecule has 3 aromatic heterocycles. The number of aldehydes is 1. The Hall–Kier alpha value is -5.26. The number of hydrogen-bond donors (Lipinski definition) is 6. The Morgan fingerprint density at radius 3 is 2.47 bits per heavy atom. The zero-order valence-corrected chi connectivity index (χ0v) is 19.3. The molecular formula is C24H23N7O5. The standard InChI is InChI=1S/C20H15N7O.2C2H4O2/c21-20-22-4-3-18(26-20)25-14-5-12-9-24-27-19(12)16(7-14)11-1-2-17-15(6-11)13(10-28)8-23-17;2*1-2(3)4/h1-10,23H,(H,24,27)(H3,21,22,25,26);2*1H3,(H,3,4). The van der Waals surface area contributed by atoms with Gasteiger partial charge in [-0.3, -0.25) is 19.5 Å². The molecule has 0 amide bonds. The number of benzene rings is 2. The highest BCUT2D eigenvalue weighted by Crippen LogP contribution is 2.33. The van der Waals surface area contributed by atoms with Gasteiger partial charge in [-0.05, 0) is 35.9 Å². The van der Waals surface area contributed by atoms with Crippen LogP contribution in [0.1, 0.15) is 24.2 Å². The first-order valence-corrected chi connectivity index (χ1v) is 10.5. The van der Waals surface area contributed by atoms with E-state index >= 15 is 0 Å². The summed E-state index contributed by atoms with van der Waals surface area (Å²) in [6.45, 7) is 2.17. The van der Waals surface area contributed by atoms with Gasteiger partial charge in [-0.25, -0.2) is 4.98 Å². The van der Waals surface area contributed by atoms with Crippen LogP contribution in [0.15, 0.2) is 55.0 Å². The second-order valence-corrected chi connectivity index (χ2v) is 7.44. The molecule has 12 nitrogen and oxygen atoms in total. The lowest BCUT2D eigenvalue weighted by molar-refractivity contribution is -0.135. The molecule has 36 heavy (non-hydrogen) atoms. The third-order valence-corrected chi connectivity index (χ3v) is 4.65. The number of nitrogens with two attached hydrogens (primary N) is 1. The van der Waals surface area contributed by atoms with Gasteiger partial charge in [0.1, 0.15) is 5.82 Å². The van der Waals surface area contributed by atoms with E-state index in [9.17, 15) is 4.79 Å². The molecule has 5 rings (SSSR count). The van der Waals surface area contributed by atoms with Crippen LogP contribution in [0.2, 0.25) is 0 Å². The van der Waals surface area contributed by atoms with E-state index in [4.69, 9.17) is 25.5 Å². The number of nitrogens with zero attached hydrogens (tertiary/aromatic N) is 3. The van der Waals surface area contributed by atoms with Gasteiger partial charge >= 0.3 is 0 Å².